The molecule has 2 saturated heterocycles. The van der Waals surface area contributed by atoms with Crippen molar-refractivity contribution < 1.29 is 14.4 Å². The SMILES string of the molecule is O=C(CN1C(=O)CSC1=O)NC1CCN(CC2(c3ccccc3)CCCC2)CC1. The van der Waals surface area contributed by atoms with E-state index in [0.717, 1.165) is 49.1 Å². The van der Waals surface area contributed by atoms with Gasteiger partial charge in [-0.05, 0) is 31.2 Å². The van der Waals surface area contributed by atoms with Gasteiger partial charge in [-0.25, -0.2) is 0 Å². The van der Waals surface area contributed by atoms with Crippen LogP contribution in [0.3, 0.4) is 0 Å². The van der Waals surface area contributed by atoms with Crippen LogP contribution in [0.25, 0.3) is 0 Å². The maximum absolute atomic E-state index is 12.3. The summed E-state index contributed by atoms with van der Waals surface area (Å²) in [6.45, 7) is 2.88. The van der Waals surface area contributed by atoms with E-state index in [1.165, 1.54) is 31.2 Å². The summed E-state index contributed by atoms with van der Waals surface area (Å²) in [6, 6.07) is 11.0. The van der Waals surface area contributed by atoms with E-state index in [1.54, 1.807) is 0 Å². The summed E-state index contributed by atoms with van der Waals surface area (Å²) >= 11 is 0.965. The Balaban J connectivity index is 1.27. The summed E-state index contributed by atoms with van der Waals surface area (Å²) in [5.74, 6) is -0.356. The zero-order chi connectivity index (χ0) is 20.3. The van der Waals surface area contributed by atoms with Gasteiger partial charge in [-0.1, -0.05) is 54.9 Å². The lowest BCUT2D eigenvalue weighted by Gasteiger charge is -2.39. The van der Waals surface area contributed by atoms with Crippen LogP contribution in [0.1, 0.15) is 44.1 Å². The molecule has 1 aliphatic carbocycles. The molecule has 3 amide bonds. The minimum Gasteiger partial charge on any atom is -0.352 e. The Kier molecular flexibility index (Phi) is 6.25. The molecule has 1 aromatic carbocycles. The molecule has 29 heavy (non-hydrogen) atoms. The van der Waals surface area contributed by atoms with Crippen LogP contribution in [0.15, 0.2) is 30.3 Å². The summed E-state index contributed by atoms with van der Waals surface area (Å²) in [4.78, 5) is 39.2. The monoisotopic (exact) mass is 415 g/mol. The first-order chi connectivity index (χ1) is 14.1. The molecule has 0 bridgehead atoms. The third-order valence-corrected chi connectivity index (χ3v) is 7.43. The molecule has 3 fully saturated rings. The number of rotatable bonds is 6. The molecule has 2 heterocycles. The number of benzene rings is 1. The molecule has 7 heteroatoms. The minimum atomic E-state index is -0.317. The standard InChI is InChI=1S/C22H29N3O3S/c26-19(14-25-20(27)15-29-21(25)28)23-18-8-12-24(13-9-18)16-22(10-4-5-11-22)17-6-2-1-3-7-17/h1-3,6-7,18H,4-5,8-16H2,(H,23,26). The minimum absolute atomic E-state index is 0.121. The van der Waals surface area contributed by atoms with E-state index >= 15 is 0 Å². The van der Waals surface area contributed by atoms with Crippen LogP contribution in [0.4, 0.5) is 4.79 Å². The zero-order valence-corrected chi connectivity index (χ0v) is 17.6. The first kappa shape index (κ1) is 20.4. The normalized spacial score (nSPS) is 23.0. The number of carbonyl (C=O) groups is 3. The summed E-state index contributed by atoms with van der Waals surface area (Å²) in [5.41, 5.74) is 1.73. The first-order valence-electron chi connectivity index (χ1n) is 10.6. The van der Waals surface area contributed by atoms with Gasteiger partial charge in [0.15, 0.2) is 0 Å². The number of thioether (sulfide) groups is 1. The van der Waals surface area contributed by atoms with Crippen molar-refractivity contribution in [2.45, 2.75) is 50.0 Å². The third-order valence-electron chi connectivity index (χ3n) is 6.57. The van der Waals surface area contributed by atoms with E-state index in [-0.39, 0.29) is 40.8 Å². The fourth-order valence-corrected chi connectivity index (χ4v) is 5.72. The average molecular weight is 416 g/mol. The maximum Gasteiger partial charge on any atom is 0.289 e. The maximum atomic E-state index is 12.3. The fourth-order valence-electron chi connectivity index (χ4n) is 5.00. The van der Waals surface area contributed by atoms with Gasteiger partial charge in [-0.3, -0.25) is 19.3 Å². The van der Waals surface area contributed by atoms with Crippen molar-refractivity contribution in [3.63, 3.8) is 0 Å². The number of nitrogens with zero attached hydrogens (tertiary/aromatic N) is 2. The number of imide groups is 1. The molecule has 4 rings (SSSR count). The summed E-state index contributed by atoms with van der Waals surface area (Å²) in [6.07, 6.45) is 6.93. The molecular weight excluding hydrogens is 386 g/mol. The predicted molar refractivity (Wildman–Crippen MR) is 114 cm³/mol. The van der Waals surface area contributed by atoms with E-state index in [0.29, 0.717) is 0 Å². The molecule has 0 radical (unpaired) electrons. The van der Waals surface area contributed by atoms with Gasteiger partial charge in [0.1, 0.15) is 6.54 Å². The number of hydrogen-bond acceptors (Lipinski definition) is 5. The van der Waals surface area contributed by atoms with Gasteiger partial charge >= 0.3 is 0 Å². The summed E-state index contributed by atoms with van der Waals surface area (Å²) in [5, 5.41) is 2.70. The van der Waals surface area contributed by atoms with Gasteiger partial charge < -0.3 is 10.2 Å². The number of likely N-dealkylation sites (tertiary alicyclic amines) is 1. The number of amides is 3. The lowest BCUT2D eigenvalue weighted by Crippen LogP contribution is -2.50. The summed E-state index contributed by atoms with van der Waals surface area (Å²) < 4.78 is 0. The Morgan fingerprint density at radius 3 is 2.41 bits per heavy atom. The molecule has 1 aromatic rings. The van der Waals surface area contributed by atoms with E-state index in [4.69, 9.17) is 0 Å². The second-order valence-corrected chi connectivity index (χ2v) is 9.43. The van der Waals surface area contributed by atoms with Crippen LogP contribution in [-0.2, 0) is 15.0 Å². The Hall–Kier alpha value is -1.86. The zero-order valence-electron chi connectivity index (χ0n) is 16.8. The van der Waals surface area contributed by atoms with Crippen LogP contribution in [0.2, 0.25) is 0 Å². The van der Waals surface area contributed by atoms with Crippen LogP contribution in [0.5, 0.6) is 0 Å². The topological polar surface area (TPSA) is 69.7 Å². The van der Waals surface area contributed by atoms with E-state index < -0.39 is 0 Å². The third kappa shape index (κ3) is 4.67. The van der Waals surface area contributed by atoms with Gasteiger partial charge in [0.2, 0.25) is 11.8 Å². The molecule has 0 atom stereocenters. The largest absolute Gasteiger partial charge is 0.352 e. The molecule has 0 aromatic heterocycles. The van der Waals surface area contributed by atoms with Crippen molar-refractivity contribution in [3.05, 3.63) is 35.9 Å². The summed E-state index contributed by atoms with van der Waals surface area (Å²) in [7, 11) is 0. The van der Waals surface area contributed by atoms with Crippen LogP contribution >= 0.6 is 11.8 Å². The van der Waals surface area contributed by atoms with Gasteiger partial charge in [-0.15, -0.1) is 0 Å². The average Bonchev–Trinajstić information content (AvgIpc) is 3.33. The Bertz CT molecular complexity index is 740. The Morgan fingerprint density at radius 1 is 1.10 bits per heavy atom. The van der Waals surface area contributed by atoms with Crippen molar-refractivity contribution in [1.29, 1.82) is 0 Å². The number of hydrogen-bond donors (Lipinski definition) is 1. The fraction of sp³-hybridized carbons (Fsp3) is 0.591. The Morgan fingerprint density at radius 2 is 1.79 bits per heavy atom. The number of nitrogens with one attached hydrogen (secondary N) is 1. The highest BCUT2D eigenvalue weighted by molar-refractivity contribution is 8.14. The number of piperidine rings is 1. The molecule has 0 spiro atoms. The van der Waals surface area contributed by atoms with Crippen molar-refractivity contribution in [2.75, 3.05) is 31.9 Å². The van der Waals surface area contributed by atoms with Gasteiger partial charge in [0.05, 0.1) is 5.75 Å². The predicted octanol–water partition coefficient (Wildman–Crippen LogP) is 2.77. The Labute approximate surface area is 176 Å². The van der Waals surface area contributed by atoms with Crippen LogP contribution in [0, 0.1) is 0 Å². The molecule has 3 aliphatic rings. The lowest BCUT2D eigenvalue weighted by atomic mass is 9.78. The van der Waals surface area contributed by atoms with E-state index in [2.05, 4.69) is 40.5 Å². The highest BCUT2D eigenvalue weighted by atomic mass is 32.2. The first-order valence-corrected chi connectivity index (χ1v) is 11.6. The van der Waals surface area contributed by atoms with Crippen LogP contribution in [-0.4, -0.2) is 64.8 Å². The highest BCUT2D eigenvalue weighted by Gasteiger charge is 2.38. The number of carbonyl (C=O) groups excluding carboxylic acids is 3. The van der Waals surface area contributed by atoms with E-state index in [9.17, 15) is 14.4 Å². The smallest absolute Gasteiger partial charge is 0.289 e. The van der Waals surface area contributed by atoms with Crippen molar-refractivity contribution in [2.24, 2.45) is 0 Å². The molecule has 156 valence electrons. The van der Waals surface area contributed by atoms with Crippen molar-refractivity contribution in [3.8, 4) is 0 Å². The van der Waals surface area contributed by atoms with E-state index in [1.807, 2.05) is 0 Å². The molecular formula is C22H29N3O3S. The van der Waals surface area contributed by atoms with Crippen LogP contribution < -0.4 is 5.32 Å². The highest BCUT2D eigenvalue weighted by Crippen LogP contribution is 2.42. The second kappa shape index (κ2) is 8.88. The van der Waals surface area contributed by atoms with Crippen molar-refractivity contribution in [1.82, 2.24) is 15.1 Å². The molecule has 2 aliphatic heterocycles. The van der Waals surface area contributed by atoms with Crippen molar-refractivity contribution >= 4 is 28.8 Å². The van der Waals surface area contributed by atoms with Gasteiger partial charge in [-0.2, -0.15) is 0 Å². The van der Waals surface area contributed by atoms with Gasteiger partial charge in [0, 0.05) is 31.1 Å². The second-order valence-electron chi connectivity index (χ2n) is 8.51. The molecule has 0 unspecified atom stereocenters. The quantitative estimate of drug-likeness (QED) is 0.774. The molecule has 1 saturated carbocycles. The molecule has 1 N–H and O–H groups in total. The van der Waals surface area contributed by atoms with Gasteiger partial charge in [0.25, 0.3) is 5.24 Å². The lowest BCUT2D eigenvalue weighted by molar-refractivity contribution is -0.130. The molecule has 6 nitrogen and oxygen atoms in total.